The normalized spacial score (nSPS) is 9.69. The maximum absolute atomic E-state index is 11.4. The Morgan fingerprint density at radius 2 is 1.75 bits per heavy atom. The molecule has 0 saturated heterocycles. The minimum atomic E-state index is -0.607. The molecule has 16 heavy (non-hydrogen) atoms. The summed E-state index contributed by atoms with van der Waals surface area (Å²) in [5.74, 6) is -1.16. The third kappa shape index (κ3) is 2.33. The standard InChI is InChI=1S/C10H10BrNO4/c1-15-9(13)5-3-6(10(14)16-2)8(12)7(11)4-5/h3-4H,12H2,1-2H3. The SMILES string of the molecule is COC(=O)c1cc(Br)c(N)c(C(=O)OC)c1. The van der Waals surface area contributed by atoms with Gasteiger partial charge in [0.15, 0.2) is 0 Å². The highest BCUT2D eigenvalue weighted by Gasteiger charge is 2.17. The van der Waals surface area contributed by atoms with Gasteiger partial charge in [0.05, 0.1) is 31.0 Å². The Balaban J connectivity index is 3.33. The Morgan fingerprint density at radius 3 is 2.25 bits per heavy atom. The quantitative estimate of drug-likeness (QED) is 0.660. The number of nitrogens with two attached hydrogens (primary N) is 1. The summed E-state index contributed by atoms with van der Waals surface area (Å²) < 4.78 is 9.54. The van der Waals surface area contributed by atoms with Gasteiger partial charge in [-0.1, -0.05) is 0 Å². The highest BCUT2D eigenvalue weighted by atomic mass is 79.9. The molecule has 0 atom stereocenters. The van der Waals surface area contributed by atoms with E-state index >= 15 is 0 Å². The number of hydrogen-bond donors (Lipinski definition) is 1. The Labute approximate surface area is 101 Å². The Kier molecular flexibility index (Phi) is 3.89. The van der Waals surface area contributed by atoms with Crippen molar-refractivity contribution in [1.82, 2.24) is 0 Å². The van der Waals surface area contributed by atoms with Gasteiger partial charge in [-0.2, -0.15) is 0 Å². The fourth-order valence-corrected chi connectivity index (χ4v) is 1.59. The summed E-state index contributed by atoms with van der Waals surface area (Å²) in [6, 6.07) is 2.81. The fraction of sp³-hybridized carbons (Fsp3) is 0.200. The van der Waals surface area contributed by atoms with E-state index in [0.717, 1.165) is 0 Å². The van der Waals surface area contributed by atoms with Gasteiger partial charge in [0.1, 0.15) is 0 Å². The summed E-state index contributed by atoms with van der Waals surface area (Å²) in [5, 5.41) is 0. The lowest BCUT2D eigenvalue weighted by atomic mass is 10.1. The van der Waals surface area contributed by atoms with Gasteiger partial charge in [-0.3, -0.25) is 0 Å². The molecule has 0 heterocycles. The number of nitrogen functional groups attached to an aromatic ring is 1. The van der Waals surface area contributed by atoms with Crippen LogP contribution in [0.4, 0.5) is 5.69 Å². The number of anilines is 1. The van der Waals surface area contributed by atoms with Gasteiger partial charge in [0, 0.05) is 4.47 Å². The van der Waals surface area contributed by atoms with Crippen LogP contribution in [0, 0.1) is 0 Å². The number of carbonyl (C=O) groups is 2. The van der Waals surface area contributed by atoms with E-state index in [2.05, 4.69) is 25.4 Å². The van der Waals surface area contributed by atoms with Gasteiger partial charge in [0.25, 0.3) is 0 Å². The first-order valence-electron chi connectivity index (χ1n) is 4.27. The molecule has 0 saturated carbocycles. The zero-order valence-electron chi connectivity index (χ0n) is 8.74. The second kappa shape index (κ2) is 4.98. The second-order valence-electron chi connectivity index (χ2n) is 2.90. The number of hydrogen-bond acceptors (Lipinski definition) is 5. The van der Waals surface area contributed by atoms with Crippen LogP contribution in [0.1, 0.15) is 20.7 Å². The summed E-state index contributed by atoms with van der Waals surface area (Å²) in [5.41, 5.74) is 6.24. The molecule has 1 rings (SSSR count). The van der Waals surface area contributed by atoms with Crippen LogP contribution in [0.15, 0.2) is 16.6 Å². The molecular weight excluding hydrogens is 278 g/mol. The summed E-state index contributed by atoms with van der Waals surface area (Å²) in [7, 11) is 2.49. The van der Waals surface area contributed by atoms with Crippen LogP contribution in [0.25, 0.3) is 0 Å². The van der Waals surface area contributed by atoms with E-state index in [1.165, 1.54) is 26.4 Å². The first-order valence-corrected chi connectivity index (χ1v) is 5.06. The summed E-state index contributed by atoms with van der Waals surface area (Å²) in [6.07, 6.45) is 0. The molecular formula is C10H10BrNO4. The van der Waals surface area contributed by atoms with Crippen molar-refractivity contribution in [2.24, 2.45) is 0 Å². The first kappa shape index (κ1) is 12.5. The molecule has 0 unspecified atom stereocenters. The molecule has 0 aliphatic heterocycles. The largest absolute Gasteiger partial charge is 0.465 e. The van der Waals surface area contributed by atoms with Crippen LogP contribution in [0.2, 0.25) is 0 Å². The van der Waals surface area contributed by atoms with E-state index in [4.69, 9.17) is 5.73 Å². The zero-order valence-corrected chi connectivity index (χ0v) is 10.3. The van der Waals surface area contributed by atoms with Gasteiger partial charge in [0.2, 0.25) is 0 Å². The molecule has 6 heteroatoms. The van der Waals surface area contributed by atoms with Crippen molar-refractivity contribution in [2.45, 2.75) is 0 Å². The molecule has 0 amide bonds. The number of benzene rings is 1. The molecule has 1 aromatic carbocycles. The zero-order chi connectivity index (χ0) is 12.3. The van der Waals surface area contributed by atoms with E-state index in [0.29, 0.717) is 4.47 Å². The molecule has 0 spiro atoms. The minimum absolute atomic E-state index is 0.122. The molecule has 0 aromatic heterocycles. The average Bonchev–Trinajstić information content (AvgIpc) is 2.30. The predicted octanol–water partition coefficient (Wildman–Crippen LogP) is 1.60. The van der Waals surface area contributed by atoms with Crippen LogP contribution in [-0.2, 0) is 9.47 Å². The smallest absolute Gasteiger partial charge is 0.340 e. The summed E-state index contributed by atoms with van der Waals surface area (Å²) >= 11 is 3.15. The minimum Gasteiger partial charge on any atom is -0.465 e. The van der Waals surface area contributed by atoms with Gasteiger partial charge in [-0.25, -0.2) is 9.59 Å². The maximum Gasteiger partial charge on any atom is 0.340 e. The van der Waals surface area contributed by atoms with Crippen molar-refractivity contribution in [2.75, 3.05) is 20.0 Å². The topological polar surface area (TPSA) is 78.6 Å². The van der Waals surface area contributed by atoms with Crippen molar-refractivity contribution in [1.29, 1.82) is 0 Å². The Bertz CT molecular complexity index is 445. The van der Waals surface area contributed by atoms with Crippen LogP contribution >= 0.6 is 15.9 Å². The van der Waals surface area contributed by atoms with E-state index in [1.54, 1.807) is 0 Å². The Hall–Kier alpha value is -1.56. The van der Waals surface area contributed by atoms with Crippen molar-refractivity contribution in [3.63, 3.8) is 0 Å². The summed E-state index contributed by atoms with van der Waals surface area (Å²) in [6.45, 7) is 0. The lowest BCUT2D eigenvalue weighted by Crippen LogP contribution is -2.10. The number of carbonyl (C=O) groups excluding carboxylic acids is 2. The van der Waals surface area contributed by atoms with E-state index in [-0.39, 0.29) is 16.8 Å². The molecule has 0 fully saturated rings. The number of esters is 2. The number of rotatable bonds is 2. The highest BCUT2D eigenvalue weighted by molar-refractivity contribution is 9.10. The highest BCUT2D eigenvalue weighted by Crippen LogP contribution is 2.26. The summed E-state index contributed by atoms with van der Waals surface area (Å²) in [4.78, 5) is 22.7. The van der Waals surface area contributed by atoms with Crippen molar-refractivity contribution in [3.8, 4) is 0 Å². The van der Waals surface area contributed by atoms with Crippen molar-refractivity contribution >= 4 is 33.6 Å². The molecule has 5 nitrogen and oxygen atoms in total. The van der Waals surface area contributed by atoms with E-state index in [1.807, 2.05) is 0 Å². The lowest BCUT2D eigenvalue weighted by molar-refractivity contribution is 0.0600. The molecule has 86 valence electrons. The average molecular weight is 288 g/mol. The van der Waals surface area contributed by atoms with E-state index < -0.39 is 11.9 Å². The van der Waals surface area contributed by atoms with Gasteiger partial charge < -0.3 is 15.2 Å². The van der Waals surface area contributed by atoms with Gasteiger partial charge in [-0.05, 0) is 28.1 Å². The van der Waals surface area contributed by atoms with Crippen molar-refractivity contribution in [3.05, 3.63) is 27.7 Å². The van der Waals surface area contributed by atoms with Crippen molar-refractivity contribution < 1.29 is 19.1 Å². The molecule has 1 aromatic rings. The monoisotopic (exact) mass is 287 g/mol. The van der Waals surface area contributed by atoms with E-state index in [9.17, 15) is 9.59 Å². The van der Waals surface area contributed by atoms with Crippen LogP contribution in [0.5, 0.6) is 0 Å². The molecule has 0 aliphatic rings. The van der Waals surface area contributed by atoms with Crippen LogP contribution in [-0.4, -0.2) is 26.2 Å². The van der Waals surface area contributed by atoms with Crippen LogP contribution in [0.3, 0.4) is 0 Å². The second-order valence-corrected chi connectivity index (χ2v) is 3.76. The fourth-order valence-electron chi connectivity index (χ4n) is 1.13. The maximum atomic E-state index is 11.4. The number of methoxy groups -OCH3 is 2. The molecule has 0 aliphatic carbocycles. The lowest BCUT2D eigenvalue weighted by Gasteiger charge is -2.08. The van der Waals surface area contributed by atoms with Gasteiger partial charge >= 0.3 is 11.9 Å². The Morgan fingerprint density at radius 1 is 1.19 bits per heavy atom. The third-order valence-electron chi connectivity index (χ3n) is 1.96. The predicted molar refractivity (Wildman–Crippen MR) is 61.2 cm³/mol. The molecule has 0 bridgehead atoms. The number of ether oxygens (including phenoxy) is 2. The molecule has 0 radical (unpaired) electrons. The molecule has 2 N–H and O–H groups in total. The first-order chi connectivity index (χ1) is 7.51. The van der Waals surface area contributed by atoms with Crippen LogP contribution < -0.4 is 5.73 Å². The van der Waals surface area contributed by atoms with Gasteiger partial charge in [-0.15, -0.1) is 0 Å². The third-order valence-corrected chi connectivity index (χ3v) is 2.61. The number of halogens is 1.